The predicted octanol–water partition coefficient (Wildman–Crippen LogP) is 4.29. The minimum Gasteiger partial charge on any atom is -0.507 e. The molecule has 1 saturated heterocycles. The Morgan fingerprint density at radius 1 is 1.03 bits per heavy atom. The van der Waals surface area contributed by atoms with Gasteiger partial charge in [0.05, 0.1) is 31.1 Å². The van der Waals surface area contributed by atoms with E-state index in [4.69, 9.17) is 9.47 Å². The molecule has 0 radical (unpaired) electrons. The zero-order chi connectivity index (χ0) is 23.5. The third kappa shape index (κ3) is 3.93. The van der Waals surface area contributed by atoms with Gasteiger partial charge in [-0.2, -0.15) is 0 Å². The fraction of sp³-hybridized carbons (Fsp3) is 0.192. The Morgan fingerprint density at radius 2 is 1.79 bits per heavy atom. The molecule has 1 amide bonds. The summed E-state index contributed by atoms with van der Waals surface area (Å²) < 4.78 is 10.7. The highest BCUT2D eigenvalue weighted by Crippen LogP contribution is 2.43. The number of anilines is 1. The molecule has 33 heavy (non-hydrogen) atoms. The van der Waals surface area contributed by atoms with Crippen LogP contribution in [0.4, 0.5) is 5.69 Å². The molecule has 0 saturated carbocycles. The summed E-state index contributed by atoms with van der Waals surface area (Å²) in [7, 11) is 2.96. The van der Waals surface area contributed by atoms with Crippen LogP contribution >= 0.6 is 0 Å². The van der Waals surface area contributed by atoms with Crippen molar-refractivity contribution in [3.63, 3.8) is 0 Å². The van der Waals surface area contributed by atoms with E-state index in [1.165, 1.54) is 19.1 Å². The number of benzene rings is 2. The largest absolute Gasteiger partial charge is 0.507 e. The van der Waals surface area contributed by atoms with Crippen molar-refractivity contribution in [3.8, 4) is 11.5 Å². The highest BCUT2D eigenvalue weighted by molar-refractivity contribution is 6.51. The lowest BCUT2D eigenvalue weighted by Gasteiger charge is -2.25. The molecule has 1 N–H and O–H groups in total. The molecule has 7 nitrogen and oxygen atoms in total. The van der Waals surface area contributed by atoms with Gasteiger partial charge in [0.25, 0.3) is 11.7 Å². The van der Waals surface area contributed by atoms with E-state index in [1.807, 2.05) is 19.1 Å². The number of pyridine rings is 1. The van der Waals surface area contributed by atoms with Gasteiger partial charge >= 0.3 is 0 Å². The lowest BCUT2D eigenvalue weighted by molar-refractivity contribution is -0.132. The molecular formula is C26H24N2O5. The Balaban J connectivity index is 1.95. The molecule has 1 aliphatic heterocycles. The lowest BCUT2D eigenvalue weighted by atomic mass is 9.97. The average Bonchev–Trinajstić information content (AvgIpc) is 3.14. The van der Waals surface area contributed by atoms with Crippen molar-refractivity contribution >= 4 is 23.1 Å². The van der Waals surface area contributed by atoms with E-state index < -0.39 is 17.7 Å². The number of Topliss-reactive ketones (excluding diaryl/α,β-unsaturated/α-hetero) is 1. The Hall–Kier alpha value is -4.13. The number of aliphatic hydroxyl groups excluding tert-OH is 1. The zero-order valence-electron chi connectivity index (χ0n) is 18.6. The van der Waals surface area contributed by atoms with Crippen LogP contribution in [0.1, 0.15) is 29.8 Å². The van der Waals surface area contributed by atoms with Crippen molar-refractivity contribution in [3.05, 3.63) is 89.3 Å². The van der Waals surface area contributed by atoms with Gasteiger partial charge in [0.1, 0.15) is 23.3 Å². The standard InChI is InChI=1S/C26H24N2O5/c1-4-16-8-10-17(11-9-16)28-23(20-7-5-6-14-27-20)22(25(30)26(28)31)24(29)19-15-18(32-2)12-13-21(19)33-3/h5-15,23,29H,4H2,1-3H3/b24-22+. The normalized spacial score (nSPS) is 17.3. The van der Waals surface area contributed by atoms with E-state index >= 15 is 0 Å². The van der Waals surface area contributed by atoms with E-state index in [2.05, 4.69) is 4.98 Å². The third-order valence-electron chi connectivity index (χ3n) is 5.70. The van der Waals surface area contributed by atoms with Crippen LogP contribution in [0.5, 0.6) is 11.5 Å². The van der Waals surface area contributed by atoms with Crippen molar-refractivity contribution in [2.75, 3.05) is 19.1 Å². The van der Waals surface area contributed by atoms with Gasteiger partial charge in [0.2, 0.25) is 0 Å². The number of aryl methyl sites for hydroxylation is 1. The van der Waals surface area contributed by atoms with Crippen LogP contribution < -0.4 is 14.4 Å². The van der Waals surface area contributed by atoms with Crippen molar-refractivity contribution in [1.29, 1.82) is 0 Å². The van der Waals surface area contributed by atoms with Gasteiger partial charge in [0.15, 0.2) is 0 Å². The number of methoxy groups -OCH3 is 2. The summed E-state index contributed by atoms with van der Waals surface area (Å²) >= 11 is 0. The highest BCUT2D eigenvalue weighted by atomic mass is 16.5. The molecule has 1 atom stereocenters. The molecule has 3 aromatic rings. The maximum Gasteiger partial charge on any atom is 0.300 e. The Labute approximate surface area is 191 Å². The monoisotopic (exact) mass is 444 g/mol. The van der Waals surface area contributed by atoms with Gasteiger partial charge in [-0.3, -0.25) is 19.5 Å². The smallest absolute Gasteiger partial charge is 0.300 e. The van der Waals surface area contributed by atoms with Crippen LogP contribution in [0.15, 0.2) is 72.4 Å². The van der Waals surface area contributed by atoms with Gasteiger partial charge in [-0.25, -0.2) is 0 Å². The lowest BCUT2D eigenvalue weighted by Crippen LogP contribution is -2.29. The number of hydrogen-bond donors (Lipinski definition) is 1. The van der Waals surface area contributed by atoms with Crippen molar-refractivity contribution in [1.82, 2.24) is 4.98 Å². The average molecular weight is 444 g/mol. The third-order valence-corrected chi connectivity index (χ3v) is 5.70. The topological polar surface area (TPSA) is 89.0 Å². The van der Waals surface area contributed by atoms with Crippen LogP contribution in [-0.2, 0) is 16.0 Å². The van der Waals surface area contributed by atoms with E-state index in [9.17, 15) is 14.7 Å². The number of amides is 1. The number of aromatic nitrogens is 1. The van der Waals surface area contributed by atoms with Gasteiger partial charge in [-0.1, -0.05) is 25.1 Å². The number of ketones is 1. The summed E-state index contributed by atoms with van der Waals surface area (Å²) in [4.78, 5) is 32.2. The molecule has 1 aliphatic rings. The molecule has 0 bridgehead atoms. The molecule has 7 heteroatoms. The van der Waals surface area contributed by atoms with Crippen LogP contribution in [0.2, 0.25) is 0 Å². The first-order chi connectivity index (χ1) is 16.0. The molecule has 0 aliphatic carbocycles. The molecule has 0 spiro atoms. The van der Waals surface area contributed by atoms with Crippen LogP contribution in [-0.4, -0.2) is 36.0 Å². The first-order valence-electron chi connectivity index (χ1n) is 10.5. The van der Waals surface area contributed by atoms with Gasteiger partial charge in [-0.15, -0.1) is 0 Å². The van der Waals surface area contributed by atoms with Crippen molar-refractivity contribution in [2.45, 2.75) is 19.4 Å². The number of rotatable bonds is 6. The van der Waals surface area contributed by atoms with Gasteiger partial charge < -0.3 is 14.6 Å². The Bertz CT molecular complexity index is 1220. The number of carbonyl (C=O) groups excluding carboxylic acids is 2. The predicted molar refractivity (Wildman–Crippen MR) is 124 cm³/mol. The maximum atomic E-state index is 13.3. The summed E-state index contributed by atoms with van der Waals surface area (Å²) in [5, 5.41) is 11.3. The molecule has 1 aromatic heterocycles. The minimum absolute atomic E-state index is 0.0650. The number of aliphatic hydroxyl groups is 1. The van der Waals surface area contributed by atoms with Gasteiger partial charge in [-0.05, 0) is 54.4 Å². The molecule has 2 aromatic carbocycles. The summed E-state index contributed by atoms with van der Waals surface area (Å²) in [6.07, 6.45) is 2.43. The second kappa shape index (κ2) is 9.16. The fourth-order valence-electron chi connectivity index (χ4n) is 3.95. The Morgan fingerprint density at radius 3 is 2.39 bits per heavy atom. The summed E-state index contributed by atoms with van der Waals surface area (Å²) in [5.74, 6) is -1.08. The number of carbonyl (C=O) groups is 2. The fourth-order valence-corrected chi connectivity index (χ4v) is 3.95. The number of hydrogen-bond acceptors (Lipinski definition) is 6. The second-order valence-electron chi connectivity index (χ2n) is 7.51. The quantitative estimate of drug-likeness (QED) is 0.347. The molecule has 1 unspecified atom stereocenters. The molecule has 1 fully saturated rings. The van der Waals surface area contributed by atoms with E-state index in [0.717, 1.165) is 12.0 Å². The van der Waals surface area contributed by atoms with Crippen LogP contribution in [0.3, 0.4) is 0 Å². The van der Waals surface area contributed by atoms with Gasteiger partial charge in [0, 0.05) is 11.9 Å². The second-order valence-corrected chi connectivity index (χ2v) is 7.51. The number of nitrogens with zero attached hydrogens (tertiary/aromatic N) is 2. The van der Waals surface area contributed by atoms with Crippen LogP contribution in [0.25, 0.3) is 5.76 Å². The maximum absolute atomic E-state index is 13.3. The van der Waals surface area contributed by atoms with Crippen molar-refractivity contribution in [2.24, 2.45) is 0 Å². The SMILES string of the molecule is CCc1ccc(N2C(=O)C(=O)/C(=C(/O)c3cc(OC)ccc3OC)C2c2ccccn2)cc1. The first-order valence-corrected chi connectivity index (χ1v) is 10.5. The van der Waals surface area contributed by atoms with Crippen LogP contribution in [0, 0.1) is 0 Å². The summed E-state index contributed by atoms with van der Waals surface area (Å²) in [5.41, 5.74) is 2.29. The molecular weight excluding hydrogens is 420 g/mol. The molecule has 4 rings (SSSR count). The molecule has 2 heterocycles. The Kier molecular flexibility index (Phi) is 6.13. The zero-order valence-corrected chi connectivity index (χ0v) is 18.6. The summed E-state index contributed by atoms with van der Waals surface area (Å²) in [6.45, 7) is 2.04. The first kappa shape index (κ1) is 22.1. The highest BCUT2D eigenvalue weighted by Gasteiger charge is 2.47. The van der Waals surface area contributed by atoms with E-state index in [1.54, 1.807) is 54.7 Å². The number of ether oxygens (including phenoxy) is 2. The minimum atomic E-state index is -0.908. The molecule has 168 valence electrons. The van der Waals surface area contributed by atoms with E-state index in [0.29, 0.717) is 22.9 Å². The van der Waals surface area contributed by atoms with E-state index in [-0.39, 0.29) is 16.9 Å². The van der Waals surface area contributed by atoms with Crippen molar-refractivity contribution < 1.29 is 24.2 Å². The summed E-state index contributed by atoms with van der Waals surface area (Å²) in [6, 6.07) is 16.6.